The zero-order chi connectivity index (χ0) is 14.4. The van der Waals surface area contributed by atoms with Crippen LogP contribution in [0, 0.1) is 0 Å². The second-order valence-electron chi connectivity index (χ2n) is 5.39. The van der Waals surface area contributed by atoms with Crippen LogP contribution in [0.25, 0.3) is 0 Å². The van der Waals surface area contributed by atoms with Gasteiger partial charge in [0.05, 0.1) is 7.11 Å². The lowest BCUT2D eigenvalue weighted by molar-refractivity contribution is 0.131. The van der Waals surface area contributed by atoms with Crippen molar-refractivity contribution in [1.82, 2.24) is 15.1 Å². The lowest BCUT2D eigenvalue weighted by atomic mass is 10.1. The van der Waals surface area contributed by atoms with Crippen LogP contribution < -0.4 is 10.1 Å². The van der Waals surface area contributed by atoms with Crippen molar-refractivity contribution in [3.05, 3.63) is 29.3 Å². The highest BCUT2D eigenvalue weighted by molar-refractivity contribution is 5.37. The van der Waals surface area contributed by atoms with Gasteiger partial charge in [0.15, 0.2) is 0 Å². The molecule has 0 spiro atoms. The molecule has 0 aromatic heterocycles. The summed E-state index contributed by atoms with van der Waals surface area (Å²) < 4.78 is 5.50. The van der Waals surface area contributed by atoms with Crippen molar-refractivity contribution in [2.75, 3.05) is 46.9 Å². The first-order valence-electron chi connectivity index (χ1n) is 7.52. The van der Waals surface area contributed by atoms with E-state index >= 15 is 0 Å². The summed E-state index contributed by atoms with van der Waals surface area (Å²) in [6.07, 6.45) is 0. The molecular formula is C16H27N3O. The Morgan fingerprint density at radius 3 is 2.45 bits per heavy atom. The predicted molar refractivity (Wildman–Crippen MR) is 83.1 cm³/mol. The van der Waals surface area contributed by atoms with Crippen LogP contribution in [-0.4, -0.2) is 56.7 Å². The average Bonchev–Trinajstić information content (AvgIpc) is 2.49. The predicted octanol–water partition coefficient (Wildman–Crippen LogP) is 1.55. The van der Waals surface area contributed by atoms with E-state index in [2.05, 4.69) is 40.2 Å². The fourth-order valence-electron chi connectivity index (χ4n) is 2.77. The third kappa shape index (κ3) is 3.95. The van der Waals surface area contributed by atoms with E-state index in [0.717, 1.165) is 38.5 Å². The van der Waals surface area contributed by atoms with Crippen LogP contribution in [0.3, 0.4) is 0 Å². The molecule has 1 N–H and O–H groups in total. The number of ether oxygens (including phenoxy) is 1. The molecule has 1 aliphatic heterocycles. The molecule has 1 heterocycles. The Bertz CT molecular complexity index is 414. The number of methoxy groups -OCH3 is 1. The molecule has 0 unspecified atom stereocenters. The Labute approximate surface area is 122 Å². The highest BCUT2D eigenvalue weighted by Crippen LogP contribution is 2.22. The molecule has 0 aliphatic carbocycles. The van der Waals surface area contributed by atoms with Crippen LogP contribution in [0.5, 0.6) is 5.75 Å². The van der Waals surface area contributed by atoms with E-state index in [1.54, 1.807) is 7.11 Å². The summed E-state index contributed by atoms with van der Waals surface area (Å²) in [5.74, 6) is 1.00. The Morgan fingerprint density at radius 2 is 1.85 bits per heavy atom. The number of rotatable bonds is 6. The van der Waals surface area contributed by atoms with E-state index in [4.69, 9.17) is 4.74 Å². The third-order valence-electron chi connectivity index (χ3n) is 4.03. The van der Waals surface area contributed by atoms with E-state index in [-0.39, 0.29) is 0 Å². The maximum absolute atomic E-state index is 5.50. The van der Waals surface area contributed by atoms with Gasteiger partial charge in [0.25, 0.3) is 0 Å². The zero-order valence-electron chi connectivity index (χ0n) is 13.0. The summed E-state index contributed by atoms with van der Waals surface area (Å²) in [5, 5.41) is 3.20. The minimum atomic E-state index is 0.903. The van der Waals surface area contributed by atoms with E-state index in [1.165, 1.54) is 24.2 Å². The molecule has 0 saturated carbocycles. The van der Waals surface area contributed by atoms with Gasteiger partial charge in [0.2, 0.25) is 0 Å². The van der Waals surface area contributed by atoms with Gasteiger partial charge in [-0.25, -0.2) is 0 Å². The fraction of sp³-hybridized carbons (Fsp3) is 0.625. The van der Waals surface area contributed by atoms with Gasteiger partial charge in [0.1, 0.15) is 5.75 Å². The molecule has 20 heavy (non-hydrogen) atoms. The van der Waals surface area contributed by atoms with Gasteiger partial charge in [-0.1, -0.05) is 13.0 Å². The first kappa shape index (κ1) is 15.3. The summed E-state index contributed by atoms with van der Waals surface area (Å²) in [6.45, 7) is 9.93. The van der Waals surface area contributed by atoms with E-state index in [0.29, 0.717) is 0 Å². The molecule has 1 saturated heterocycles. The average molecular weight is 277 g/mol. The van der Waals surface area contributed by atoms with Crippen molar-refractivity contribution in [1.29, 1.82) is 0 Å². The summed E-state index contributed by atoms with van der Waals surface area (Å²) in [5.41, 5.74) is 2.61. The Balaban J connectivity index is 2.02. The van der Waals surface area contributed by atoms with Gasteiger partial charge in [0, 0.05) is 44.8 Å². The summed E-state index contributed by atoms with van der Waals surface area (Å²) in [6, 6.07) is 6.49. The molecule has 0 atom stereocenters. The monoisotopic (exact) mass is 277 g/mol. The van der Waals surface area contributed by atoms with Crippen molar-refractivity contribution in [2.24, 2.45) is 0 Å². The number of hydrogen-bond donors (Lipinski definition) is 1. The maximum Gasteiger partial charge on any atom is 0.123 e. The van der Waals surface area contributed by atoms with Gasteiger partial charge in [-0.3, -0.25) is 4.90 Å². The maximum atomic E-state index is 5.50. The molecule has 1 aliphatic rings. The fourth-order valence-corrected chi connectivity index (χ4v) is 2.77. The quantitative estimate of drug-likeness (QED) is 0.854. The largest absolute Gasteiger partial charge is 0.496 e. The molecule has 2 rings (SSSR count). The van der Waals surface area contributed by atoms with Gasteiger partial charge in [-0.2, -0.15) is 0 Å². The highest BCUT2D eigenvalue weighted by atomic mass is 16.5. The summed E-state index contributed by atoms with van der Waals surface area (Å²) in [7, 11) is 3.74. The van der Waals surface area contributed by atoms with Crippen molar-refractivity contribution in [2.45, 2.75) is 20.0 Å². The SMILES string of the molecule is CCN1CCN(Cc2cc(CNC)ccc2OC)CC1. The van der Waals surface area contributed by atoms with Crippen LogP contribution in [0.15, 0.2) is 18.2 Å². The molecule has 112 valence electrons. The summed E-state index contributed by atoms with van der Waals surface area (Å²) in [4.78, 5) is 5.03. The highest BCUT2D eigenvalue weighted by Gasteiger charge is 2.17. The number of hydrogen-bond acceptors (Lipinski definition) is 4. The van der Waals surface area contributed by atoms with Crippen molar-refractivity contribution < 1.29 is 4.74 Å². The second-order valence-corrected chi connectivity index (χ2v) is 5.39. The molecule has 1 aromatic carbocycles. The topological polar surface area (TPSA) is 27.7 Å². The van der Waals surface area contributed by atoms with E-state index < -0.39 is 0 Å². The minimum Gasteiger partial charge on any atom is -0.496 e. The van der Waals surface area contributed by atoms with Crippen LogP contribution in [0.4, 0.5) is 0 Å². The van der Waals surface area contributed by atoms with Crippen molar-refractivity contribution in [3.63, 3.8) is 0 Å². The third-order valence-corrected chi connectivity index (χ3v) is 4.03. The van der Waals surface area contributed by atoms with Crippen molar-refractivity contribution >= 4 is 0 Å². The molecular weight excluding hydrogens is 250 g/mol. The first-order valence-corrected chi connectivity index (χ1v) is 7.52. The smallest absolute Gasteiger partial charge is 0.123 e. The number of likely N-dealkylation sites (N-methyl/N-ethyl adjacent to an activating group) is 1. The Kier molecular flexibility index (Phi) is 5.83. The Hall–Kier alpha value is -1.10. The molecule has 0 bridgehead atoms. The molecule has 0 radical (unpaired) electrons. The van der Waals surface area contributed by atoms with Crippen LogP contribution in [0.2, 0.25) is 0 Å². The lowest BCUT2D eigenvalue weighted by Crippen LogP contribution is -2.45. The van der Waals surface area contributed by atoms with Gasteiger partial charge < -0.3 is 15.0 Å². The number of nitrogens with one attached hydrogen (secondary N) is 1. The molecule has 4 nitrogen and oxygen atoms in total. The van der Waals surface area contributed by atoms with Crippen molar-refractivity contribution in [3.8, 4) is 5.75 Å². The van der Waals surface area contributed by atoms with Gasteiger partial charge in [-0.15, -0.1) is 0 Å². The standard InChI is InChI=1S/C16H27N3O/c1-4-18-7-9-19(10-8-18)13-15-11-14(12-17-2)5-6-16(15)20-3/h5-6,11,17H,4,7-10,12-13H2,1-3H3. The Morgan fingerprint density at radius 1 is 1.15 bits per heavy atom. The normalized spacial score (nSPS) is 17.4. The number of benzene rings is 1. The first-order chi connectivity index (χ1) is 9.76. The minimum absolute atomic E-state index is 0.903. The van der Waals surface area contributed by atoms with E-state index in [9.17, 15) is 0 Å². The molecule has 1 aromatic rings. The lowest BCUT2D eigenvalue weighted by Gasteiger charge is -2.34. The van der Waals surface area contributed by atoms with Crippen LogP contribution >= 0.6 is 0 Å². The second kappa shape index (κ2) is 7.62. The van der Waals surface area contributed by atoms with E-state index in [1.807, 2.05) is 7.05 Å². The zero-order valence-corrected chi connectivity index (χ0v) is 13.0. The van der Waals surface area contributed by atoms with Gasteiger partial charge in [-0.05, 0) is 31.3 Å². The summed E-state index contributed by atoms with van der Waals surface area (Å²) >= 11 is 0. The van der Waals surface area contributed by atoms with Crippen LogP contribution in [0.1, 0.15) is 18.1 Å². The number of piperazine rings is 1. The molecule has 0 amide bonds. The van der Waals surface area contributed by atoms with Gasteiger partial charge >= 0.3 is 0 Å². The molecule has 4 heteroatoms. The number of nitrogens with zero attached hydrogens (tertiary/aromatic N) is 2. The molecule has 1 fully saturated rings. The van der Waals surface area contributed by atoms with Crippen LogP contribution in [-0.2, 0) is 13.1 Å².